The molecule has 10 heteroatoms. The molecule has 3 amide bonds. The lowest BCUT2D eigenvalue weighted by atomic mass is 10.1. The fourth-order valence-corrected chi connectivity index (χ4v) is 5.45. The molecule has 0 unspecified atom stereocenters. The van der Waals surface area contributed by atoms with Crippen molar-refractivity contribution in [1.29, 1.82) is 0 Å². The van der Waals surface area contributed by atoms with Crippen LogP contribution in [0.3, 0.4) is 0 Å². The van der Waals surface area contributed by atoms with Gasteiger partial charge in [-0.1, -0.05) is 38.1 Å². The van der Waals surface area contributed by atoms with Crippen molar-refractivity contribution in [3.05, 3.63) is 59.7 Å². The summed E-state index contributed by atoms with van der Waals surface area (Å²) < 4.78 is 31.8. The predicted molar refractivity (Wildman–Crippen MR) is 130 cm³/mol. The van der Waals surface area contributed by atoms with Crippen molar-refractivity contribution in [1.82, 2.24) is 14.5 Å². The molecule has 0 bridgehead atoms. The summed E-state index contributed by atoms with van der Waals surface area (Å²) in [7, 11) is -2.64. The Morgan fingerprint density at radius 2 is 1.80 bits per heavy atom. The molecule has 188 valence electrons. The summed E-state index contributed by atoms with van der Waals surface area (Å²) in [5.74, 6) is -1.16. The van der Waals surface area contributed by atoms with Gasteiger partial charge in [0.05, 0.1) is 12.7 Å². The summed E-state index contributed by atoms with van der Waals surface area (Å²) in [6.45, 7) is 4.92. The first-order chi connectivity index (χ1) is 16.6. The van der Waals surface area contributed by atoms with Crippen LogP contribution in [0.1, 0.15) is 49.5 Å². The second-order valence-corrected chi connectivity index (χ2v) is 10.3. The monoisotopic (exact) mass is 501 g/mol. The molecule has 0 saturated carbocycles. The highest BCUT2D eigenvalue weighted by Crippen LogP contribution is 2.30. The second-order valence-electron chi connectivity index (χ2n) is 8.43. The number of ether oxygens (including phenoxy) is 1. The molecule has 1 aliphatic heterocycles. The molecule has 1 aliphatic rings. The number of benzene rings is 2. The van der Waals surface area contributed by atoms with Gasteiger partial charge in [-0.15, -0.1) is 0 Å². The van der Waals surface area contributed by atoms with Gasteiger partial charge in [0, 0.05) is 12.6 Å². The fourth-order valence-electron chi connectivity index (χ4n) is 3.93. The standard InChI is InChI=1S/C25H31N3O6S/c1-5-17(3)26-24(30)21(6-2)27(15-18-10-9-11-19(14-18)34-4)23(29)16-28-25(31)20-12-7-8-13-22(20)35(28,32)33/h7-14,17,21H,5-6,15-16H2,1-4H3,(H,26,30)/t17-,21-/m1/s1. The van der Waals surface area contributed by atoms with E-state index in [1.54, 1.807) is 37.3 Å². The summed E-state index contributed by atoms with van der Waals surface area (Å²) in [6, 6.07) is 12.0. The van der Waals surface area contributed by atoms with Gasteiger partial charge in [0.2, 0.25) is 11.8 Å². The summed E-state index contributed by atoms with van der Waals surface area (Å²) in [5, 5.41) is 2.90. The number of carbonyl (C=O) groups is 3. The molecular formula is C25H31N3O6S. The Hall–Kier alpha value is -3.40. The number of fused-ring (bicyclic) bond motifs is 1. The van der Waals surface area contributed by atoms with E-state index in [1.807, 2.05) is 13.8 Å². The maximum Gasteiger partial charge on any atom is 0.269 e. The van der Waals surface area contributed by atoms with Gasteiger partial charge >= 0.3 is 0 Å². The van der Waals surface area contributed by atoms with Gasteiger partial charge in [-0.3, -0.25) is 14.4 Å². The van der Waals surface area contributed by atoms with E-state index in [-0.39, 0.29) is 29.0 Å². The van der Waals surface area contributed by atoms with E-state index >= 15 is 0 Å². The van der Waals surface area contributed by atoms with E-state index in [1.165, 1.54) is 30.2 Å². The fraction of sp³-hybridized carbons (Fsp3) is 0.400. The molecule has 0 saturated heterocycles. The van der Waals surface area contributed by atoms with Crippen molar-refractivity contribution in [2.24, 2.45) is 0 Å². The first-order valence-corrected chi connectivity index (χ1v) is 13.0. The van der Waals surface area contributed by atoms with Crippen LogP contribution in [0.15, 0.2) is 53.4 Å². The van der Waals surface area contributed by atoms with Gasteiger partial charge in [0.15, 0.2) is 0 Å². The molecule has 1 heterocycles. The Bertz CT molecular complexity index is 1210. The summed E-state index contributed by atoms with van der Waals surface area (Å²) in [6.07, 6.45) is 1.02. The number of nitrogens with zero attached hydrogens (tertiary/aromatic N) is 2. The number of methoxy groups -OCH3 is 1. The van der Waals surface area contributed by atoms with Crippen LogP contribution in [0.4, 0.5) is 0 Å². The summed E-state index contributed by atoms with van der Waals surface area (Å²) in [4.78, 5) is 40.7. The highest BCUT2D eigenvalue weighted by atomic mass is 32.2. The Morgan fingerprint density at radius 1 is 1.09 bits per heavy atom. The molecule has 2 atom stereocenters. The normalized spacial score (nSPS) is 15.8. The molecule has 0 radical (unpaired) electrons. The second kappa shape index (κ2) is 10.9. The lowest BCUT2D eigenvalue weighted by molar-refractivity contribution is -0.141. The molecule has 35 heavy (non-hydrogen) atoms. The molecule has 0 spiro atoms. The first-order valence-electron chi connectivity index (χ1n) is 11.5. The smallest absolute Gasteiger partial charge is 0.269 e. The van der Waals surface area contributed by atoms with E-state index in [4.69, 9.17) is 4.74 Å². The highest BCUT2D eigenvalue weighted by molar-refractivity contribution is 7.90. The highest BCUT2D eigenvalue weighted by Gasteiger charge is 2.43. The van der Waals surface area contributed by atoms with E-state index < -0.39 is 34.4 Å². The molecule has 1 N–H and O–H groups in total. The maximum atomic E-state index is 13.6. The van der Waals surface area contributed by atoms with E-state index in [0.717, 1.165) is 0 Å². The Morgan fingerprint density at radius 3 is 2.43 bits per heavy atom. The molecule has 2 aromatic carbocycles. The molecule has 9 nitrogen and oxygen atoms in total. The minimum Gasteiger partial charge on any atom is -0.497 e. The molecule has 3 rings (SSSR count). The van der Waals surface area contributed by atoms with E-state index in [9.17, 15) is 22.8 Å². The number of carbonyl (C=O) groups excluding carboxylic acids is 3. The minimum absolute atomic E-state index is 0.0289. The van der Waals surface area contributed by atoms with E-state index in [2.05, 4.69) is 5.32 Å². The third-order valence-corrected chi connectivity index (χ3v) is 7.85. The third-order valence-electron chi connectivity index (χ3n) is 6.06. The Kier molecular flexibility index (Phi) is 8.16. The van der Waals surface area contributed by atoms with Crippen molar-refractivity contribution in [2.45, 2.75) is 57.1 Å². The molecule has 0 fully saturated rings. The predicted octanol–water partition coefficient (Wildman–Crippen LogP) is 2.56. The minimum atomic E-state index is -4.17. The zero-order valence-electron chi connectivity index (χ0n) is 20.4. The number of sulfonamides is 1. The lowest BCUT2D eigenvalue weighted by Crippen LogP contribution is -2.53. The molecular weight excluding hydrogens is 470 g/mol. The average molecular weight is 502 g/mol. The average Bonchev–Trinajstić information content (AvgIpc) is 3.04. The van der Waals surface area contributed by atoms with Crippen molar-refractivity contribution in [3.8, 4) is 5.75 Å². The SMILES string of the molecule is CC[C@@H](C)NC(=O)[C@@H](CC)N(Cc1cccc(OC)c1)C(=O)CN1C(=O)c2ccccc2S1(=O)=O. The lowest BCUT2D eigenvalue weighted by Gasteiger charge is -2.32. The molecule has 0 aliphatic carbocycles. The van der Waals surface area contributed by atoms with Gasteiger partial charge < -0.3 is 15.0 Å². The Labute approximate surface area is 206 Å². The topological polar surface area (TPSA) is 113 Å². The number of rotatable bonds is 10. The van der Waals surface area contributed by atoms with Crippen molar-refractivity contribution in [2.75, 3.05) is 13.7 Å². The molecule has 0 aromatic heterocycles. The summed E-state index contributed by atoms with van der Waals surface area (Å²) in [5.41, 5.74) is 0.729. The van der Waals surface area contributed by atoms with E-state index in [0.29, 0.717) is 28.5 Å². The zero-order chi connectivity index (χ0) is 25.8. The largest absolute Gasteiger partial charge is 0.497 e. The summed E-state index contributed by atoms with van der Waals surface area (Å²) >= 11 is 0. The van der Waals surface area contributed by atoms with Crippen LogP contribution in [0, 0.1) is 0 Å². The van der Waals surface area contributed by atoms with Crippen molar-refractivity contribution >= 4 is 27.7 Å². The third kappa shape index (κ3) is 5.48. The van der Waals surface area contributed by atoms with Gasteiger partial charge in [0.1, 0.15) is 23.2 Å². The van der Waals surface area contributed by atoms with Crippen molar-refractivity contribution in [3.63, 3.8) is 0 Å². The zero-order valence-corrected chi connectivity index (χ0v) is 21.2. The van der Waals surface area contributed by atoms with Crippen LogP contribution >= 0.6 is 0 Å². The number of amides is 3. The van der Waals surface area contributed by atoms with Gasteiger partial charge in [-0.25, -0.2) is 12.7 Å². The van der Waals surface area contributed by atoms with Gasteiger partial charge in [-0.05, 0) is 49.6 Å². The van der Waals surface area contributed by atoms with Gasteiger partial charge in [0.25, 0.3) is 15.9 Å². The van der Waals surface area contributed by atoms with Crippen LogP contribution in [-0.4, -0.2) is 61.1 Å². The number of nitrogens with one attached hydrogen (secondary N) is 1. The number of hydrogen-bond acceptors (Lipinski definition) is 6. The van der Waals surface area contributed by atoms with Crippen LogP contribution in [0.25, 0.3) is 0 Å². The Balaban J connectivity index is 1.94. The van der Waals surface area contributed by atoms with Crippen LogP contribution in [-0.2, 0) is 26.2 Å². The van der Waals surface area contributed by atoms with Crippen molar-refractivity contribution < 1.29 is 27.5 Å². The quantitative estimate of drug-likeness (QED) is 0.535. The molecule has 2 aromatic rings. The first kappa shape index (κ1) is 26.2. The van der Waals surface area contributed by atoms with Crippen LogP contribution < -0.4 is 10.1 Å². The number of hydrogen-bond donors (Lipinski definition) is 1. The van der Waals surface area contributed by atoms with Crippen LogP contribution in [0.5, 0.6) is 5.75 Å². The maximum absolute atomic E-state index is 13.6. The van der Waals surface area contributed by atoms with Gasteiger partial charge in [-0.2, -0.15) is 0 Å². The van der Waals surface area contributed by atoms with Crippen LogP contribution in [0.2, 0.25) is 0 Å².